The van der Waals surface area contributed by atoms with Crippen LogP contribution in [0, 0.1) is 38.9 Å². The summed E-state index contributed by atoms with van der Waals surface area (Å²) in [5, 5.41) is 11.4. The third kappa shape index (κ3) is 2.53. The largest absolute Gasteiger partial charge is 0.434 e. The summed E-state index contributed by atoms with van der Waals surface area (Å²) in [6, 6.07) is 0. The molecule has 0 radical (unpaired) electrons. The lowest BCUT2D eigenvalue weighted by Crippen LogP contribution is -2.59. The number of fused-ring (bicyclic) bond motifs is 3. The fraction of sp³-hybridized carbons (Fsp3) is 0.800. The lowest BCUT2D eigenvalue weighted by atomic mass is 9.48. The number of hydrogen-bond donors (Lipinski definition) is 1. The van der Waals surface area contributed by atoms with Gasteiger partial charge >= 0.3 is 5.97 Å². The highest BCUT2D eigenvalue weighted by atomic mass is 16.7. The molecule has 5 fully saturated rings. The summed E-state index contributed by atoms with van der Waals surface area (Å²) >= 11 is 0. The molecule has 1 N–H and O–H groups in total. The molecule has 190 valence electrons. The topological polar surface area (TPSA) is 72.8 Å². The second kappa shape index (κ2) is 6.32. The van der Waals surface area contributed by atoms with Crippen LogP contribution in [0.25, 0.3) is 0 Å². The maximum atomic E-state index is 13.2. The molecule has 0 aromatic carbocycles. The van der Waals surface area contributed by atoms with Gasteiger partial charge in [-0.2, -0.15) is 0 Å². The normalized spacial score (nSPS) is 52.7. The molecule has 5 nitrogen and oxygen atoms in total. The Morgan fingerprint density at radius 3 is 2.46 bits per heavy atom. The van der Waals surface area contributed by atoms with Crippen molar-refractivity contribution >= 4 is 12.3 Å². The minimum absolute atomic E-state index is 0.00363. The second-order valence-electron chi connectivity index (χ2n) is 14.9. The molecular weight excluding hydrogens is 440 g/mol. The Hall–Kier alpha value is -1.46. The van der Waals surface area contributed by atoms with Gasteiger partial charge in [0.25, 0.3) is 0 Å². The molecule has 0 spiro atoms. The number of rotatable bonds is 4. The Labute approximate surface area is 208 Å². The molecule has 4 saturated carbocycles. The zero-order valence-corrected chi connectivity index (χ0v) is 22.0. The van der Waals surface area contributed by atoms with Crippen molar-refractivity contribution in [3.05, 3.63) is 22.3 Å². The third-order valence-electron chi connectivity index (χ3n) is 12.1. The molecule has 1 saturated heterocycles. The van der Waals surface area contributed by atoms with Crippen LogP contribution in [0.4, 0.5) is 0 Å². The molecule has 7 rings (SSSR count). The summed E-state index contributed by atoms with van der Waals surface area (Å²) in [6.07, 6.45) is 8.85. The summed E-state index contributed by atoms with van der Waals surface area (Å²) in [6.45, 7) is 11.7. The van der Waals surface area contributed by atoms with E-state index in [-0.39, 0.29) is 22.2 Å². The van der Waals surface area contributed by atoms with Gasteiger partial charge in [-0.15, -0.1) is 0 Å². The molecule has 0 aromatic heterocycles. The van der Waals surface area contributed by atoms with Gasteiger partial charge in [0.2, 0.25) is 6.29 Å². The monoisotopic (exact) mass is 480 g/mol. The average Bonchev–Trinajstić information content (AvgIpc) is 3.09. The number of cyclic esters (lactones) is 1. The highest BCUT2D eigenvalue weighted by Crippen LogP contribution is 2.81. The maximum Gasteiger partial charge on any atom is 0.315 e. The Morgan fingerprint density at radius 2 is 1.77 bits per heavy atom. The summed E-state index contributed by atoms with van der Waals surface area (Å²) < 4.78 is 12.5. The van der Waals surface area contributed by atoms with Gasteiger partial charge in [-0.05, 0) is 93.0 Å². The van der Waals surface area contributed by atoms with Crippen LogP contribution < -0.4 is 0 Å². The van der Waals surface area contributed by atoms with Crippen molar-refractivity contribution in [2.45, 2.75) is 104 Å². The molecule has 1 heterocycles. The Bertz CT molecular complexity index is 1130. The van der Waals surface area contributed by atoms with Crippen molar-refractivity contribution in [1.82, 2.24) is 0 Å². The first kappa shape index (κ1) is 22.7. The van der Waals surface area contributed by atoms with E-state index in [4.69, 9.17) is 9.47 Å². The summed E-state index contributed by atoms with van der Waals surface area (Å²) in [4.78, 5) is 25.7. The van der Waals surface area contributed by atoms with E-state index in [1.807, 2.05) is 0 Å². The molecule has 0 aromatic rings. The first-order valence-electron chi connectivity index (χ1n) is 13.8. The lowest BCUT2D eigenvalue weighted by Gasteiger charge is -2.59. The van der Waals surface area contributed by atoms with Crippen LogP contribution in [0.3, 0.4) is 0 Å². The molecule has 0 amide bonds. The number of ether oxygens (including phenoxy) is 2. The van der Waals surface area contributed by atoms with Gasteiger partial charge in [-0.3, -0.25) is 9.59 Å². The van der Waals surface area contributed by atoms with E-state index in [2.05, 4.69) is 34.6 Å². The molecule has 8 atom stereocenters. The van der Waals surface area contributed by atoms with E-state index in [0.29, 0.717) is 24.9 Å². The van der Waals surface area contributed by atoms with Gasteiger partial charge in [0.05, 0.1) is 23.0 Å². The molecular formula is C30H40O5. The quantitative estimate of drug-likeness (QED) is 0.337. The number of carbonyl (C=O) groups excluding carboxylic acids is 2. The van der Waals surface area contributed by atoms with Gasteiger partial charge in [0.15, 0.2) is 0 Å². The predicted octanol–water partition coefficient (Wildman–Crippen LogP) is 5.27. The zero-order valence-electron chi connectivity index (χ0n) is 22.0. The number of aliphatic hydroxyl groups is 1. The summed E-state index contributed by atoms with van der Waals surface area (Å²) in [5.41, 5.74) is 3.09. The standard InChI is InChI=1S/C30H40O5/c1-17-20-13-26(4,9-19(20)10-27(5)6-7-30(17,27)33)16-34-24-29-15-28(29,23(32)35-24)11-18-8-25(2,3)12-21(18)22(29)14-31/h14,18-19,24,33H,6-13,15-16H2,1-5H3/t18-,19-,24?,26-,27-,28+,29+,30-/m0/s1. The number of esters is 1. The van der Waals surface area contributed by atoms with Gasteiger partial charge < -0.3 is 14.6 Å². The Balaban J connectivity index is 1.15. The summed E-state index contributed by atoms with van der Waals surface area (Å²) in [7, 11) is 0. The van der Waals surface area contributed by atoms with Crippen LogP contribution in [0.15, 0.2) is 22.3 Å². The van der Waals surface area contributed by atoms with E-state index in [0.717, 1.165) is 63.2 Å². The van der Waals surface area contributed by atoms with Crippen molar-refractivity contribution in [2.75, 3.05) is 6.61 Å². The van der Waals surface area contributed by atoms with E-state index in [9.17, 15) is 14.7 Å². The molecule has 5 heteroatoms. The lowest BCUT2D eigenvalue weighted by molar-refractivity contribution is -0.183. The van der Waals surface area contributed by atoms with Crippen LogP contribution >= 0.6 is 0 Å². The number of hydrogen-bond acceptors (Lipinski definition) is 5. The molecule has 7 aliphatic rings. The fourth-order valence-electron chi connectivity index (χ4n) is 10.1. The first-order chi connectivity index (χ1) is 16.3. The smallest absolute Gasteiger partial charge is 0.315 e. The minimum Gasteiger partial charge on any atom is -0.434 e. The first-order valence-corrected chi connectivity index (χ1v) is 13.8. The van der Waals surface area contributed by atoms with E-state index in [1.54, 1.807) is 0 Å². The zero-order chi connectivity index (χ0) is 24.8. The SMILES string of the molecule is CC1=C2C[C@@](C)(COC3OC(=O)[C@]45C[C@@H]6CC(C)(C)CC6=C(C=O)[C@]34C5)C[C@H]2C[C@]2(C)CC[C@]12O. The van der Waals surface area contributed by atoms with Crippen molar-refractivity contribution in [1.29, 1.82) is 0 Å². The maximum absolute atomic E-state index is 13.2. The van der Waals surface area contributed by atoms with Crippen LogP contribution in [-0.2, 0) is 19.1 Å². The van der Waals surface area contributed by atoms with Crippen LogP contribution in [0.1, 0.15) is 92.4 Å². The molecule has 6 aliphatic carbocycles. The average molecular weight is 481 g/mol. The van der Waals surface area contributed by atoms with Crippen LogP contribution in [0.5, 0.6) is 0 Å². The number of allylic oxidation sites excluding steroid dienone is 2. The number of carbonyl (C=O) groups is 2. The predicted molar refractivity (Wildman–Crippen MR) is 130 cm³/mol. The van der Waals surface area contributed by atoms with Gasteiger partial charge in [0.1, 0.15) is 6.29 Å². The second-order valence-corrected chi connectivity index (χ2v) is 14.9. The highest BCUT2D eigenvalue weighted by Gasteiger charge is 2.85. The van der Waals surface area contributed by atoms with Crippen LogP contribution in [0.2, 0.25) is 0 Å². The summed E-state index contributed by atoms with van der Waals surface area (Å²) in [5.74, 6) is 0.670. The van der Waals surface area contributed by atoms with Gasteiger partial charge in [-0.25, -0.2) is 0 Å². The fourth-order valence-corrected chi connectivity index (χ4v) is 10.1. The van der Waals surface area contributed by atoms with Crippen molar-refractivity contribution in [2.24, 2.45) is 38.9 Å². The third-order valence-corrected chi connectivity index (χ3v) is 12.1. The molecule has 1 aliphatic heterocycles. The Kier molecular flexibility index (Phi) is 4.10. The van der Waals surface area contributed by atoms with Crippen molar-refractivity contribution < 1.29 is 24.2 Å². The van der Waals surface area contributed by atoms with E-state index >= 15 is 0 Å². The minimum atomic E-state index is -0.653. The number of aldehydes is 1. The van der Waals surface area contributed by atoms with Gasteiger partial charge in [-0.1, -0.05) is 38.8 Å². The van der Waals surface area contributed by atoms with Gasteiger partial charge in [0, 0.05) is 11.0 Å². The Morgan fingerprint density at radius 1 is 1.03 bits per heavy atom. The molecule has 35 heavy (non-hydrogen) atoms. The van der Waals surface area contributed by atoms with Crippen molar-refractivity contribution in [3.63, 3.8) is 0 Å². The van der Waals surface area contributed by atoms with Crippen molar-refractivity contribution in [3.8, 4) is 0 Å². The van der Waals surface area contributed by atoms with E-state index < -0.39 is 22.7 Å². The molecule has 0 bridgehead atoms. The van der Waals surface area contributed by atoms with Crippen LogP contribution in [-0.4, -0.2) is 35.9 Å². The molecule has 1 unspecified atom stereocenters. The highest BCUT2D eigenvalue weighted by molar-refractivity contribution is 5.93. The van der Waals surface area contributed by atoms with E-state index in [1.165, 1.54) is 16.7 Å².